The van der Waals surface area contributed by atoms with E-state index < -0.39 is 11.8 Å². The summed E-state index contributed by atoms with van der Waals surface area (Å²) in [6, 6.07) is 10.7. The predicted octanol–water partition coefficient (Wildman–Crippen LogP) is 1.55. The maximum Gasteiger partial charge on any atom is 0.251 e. The van der Waals surface area contributed by atoms with Gasteiger partial charge in [0.15, 0.2) is 0 Å². The number of amides is 2. The van der Waals surface area contributed by atoms with Gasteiger partial charge in [0.2, 0.25) is 5.91 Å². The number of hydrogen-bond acceptors (Lipinski definition) is 4. The van der Waals surface area contributed by atoms with Crippen molar-refractivity contribution in [3.8, 4) is 5.75 Å². The molecule has 24 heavy (non-hydrogen) atoms. The molecular weight excluding hydrogens is 306 g/mol. The van der Waals surface area contributed by atoms with Gasteiger partial charge in [0.05, 0.1) is 12.5 Å². The van der Waals surface area contributed by atoms with E-state index in [4.69, 9.17) is 10.5 Å². The lowest BCUT2D eigenvalue weighted by Gasteiger charge is -2.15. The molecule has 2 amide bonds. The van der Waals surface area contributed by atoms with Crippen LogP contribution in [0.1, 0.15) is 22.8 Å². The van der Waals surface area contributed by atoms with Crippen LogP contribution in [0.2, 0.25) is 0 Å². The van der Waals surface area contributed by atoms with Crippen molar-refractivity contribution in [3.05, 3.63) is 59.9 Å². The predicted molar refractivity (Wildman–Crippen MR) is 90.6 cm³/mol. The first-order chi connectivity index (χ1) is 11.6. The second-order valence-electron chi connectivity index (χ2n) is 5.33. The van der Waals surface area contributed by atoms with Crippen LogP contribution in [0, 0.1) is 5.92 Å². The SMILES string of the molecule is CCOc1ccc(C[C@H](CNC(=O)c2ccncc2)C(N)=O)cc1. The number of benzene rings is 1. The molecule has 0 saturated heterocycles. The van der Waals surface area contributed by atoms with Crippen LogP contribution in [-0.2, 0) is 11.2 Å². The van der Waals surface area contributed by atoms with Crippen LogP contribution in [0.3, 0.4) is 0 Å². The molecule has 3 N–H and O–H groups in total. The first-order valence-electron chi connectivity index (χ1n) is 7.79. The quantitative estimate of drug-likeness (QED) is 0.769. The van der Waals surface area contributed by atoms with Gasteiger partial charge in [-0.3, -0.25) is 14.6 Å². The highest BCUT2D eigenvalue weighted by Crippen LogP contribution is 2.15. The van der Waals surface area contributed by atoms with E-state index in [1.54, 1.807) is 24.5 Å². The Morgan fingerprint density at radius 1 is 1.17 bits per heavy atom. The van der Waals surface area contributed by atoms with E-state index in [9.17, 15) is 9.59 Å². The number of nitrogens with one attached hydrogen (secondary N) is 1. The summed E-state index contributed by atoms with van der Waals surface area (Å²) in [7, 11) is 0. The van der Waals surface area contributed by atoms with E-state index in [1.807, 2.05) is 31.2 Å². The number of primary amides is 1. The molecule has 1 heterocycles. The van der Waals surface area contributed by atoms with Crippen LogP contribution in [-0.4, -0.2) is 29.9 Å². The summed E-state index contributed by atoms with van der Waals surface area (Å²) in [5, 5.41) is 2.74. The third kappa shape index (κ3) is 5.08. The first-order valence-corrected chi connectivity index (χ1v) is 7.79. The van der Waals surface area contributed by atoms with E-state index in [1.165, 1.54) is 0 Å². The van der Waals surface area contributed by atoms with E-state index >= 15 is 0 Å². The average molecular weight is 327 g/mol. The number of ether oxygens (including phenoxy) is 1. The average Bonchev–Trinajstić information content (AvgIpc) is 2.60. The largest absolute Gasteiger partial charge is 0.494 e. The number of hydrogen-bond donors (Lipinski definition) is 2. The summed E-state index contributed by atoms with van der Waals surface area (Å²) in [5.41, 5.74) is 6.92. The van der Waals surface area contributed by atoms with Crippen molar-refractivity contribution in [1.82, 2.24) is 10.3 Å². The van der Waals surface area contributed by atoms with Crippen molar-refractivity contribution in [3.63, 3.8) is 0 Å². The first kappa shape index (κ1) is 17.5. The van der Waals surface area contributed by atoms with Gasteiger partial charge < -0.3 is 15.8 Å². The van der Waals surface area contributed by atoms with E-state index in [2.05, 4.69) is 10.3 Å². The standard InChI is InChI=1S/C18H21N3O3/c1-2-24-16-5-3-13(4-6-16)11-15(17(19)22)12-21-18(23)14-7-9-20-10-8-14/h3-10,15H,2,11-12H2,1H3,(H2,19,22)(H,21,23)/t15-/m1/s1. The lowest BCUT2D eigenvalue weighted by molar-refractivity contribution is -0.121. The van der Waals surface area contributed by atoms with Crippen LogP contribution in [0.15, 0.2) is 48.8 Å². The number of rotatable bonds is 8. The summed E-state index contributed by atoms with van der Waals surface area (Å²) in [6.07, 6.45) is 3.54. The fraction of sp³-hybridized carbons (Fsp3) is 0.278. The summed E-state index contributed by atoms with van der Waals surface area (Å²) in [5.74, 6) is -0.397. The number of carbonyl (C=O) groups is 2. The summed E-state index contributed by atoms with van der Waals surface area (Å²) in [6.45, 7) is 2.70. The molecule has 0 saturated carbocycles. The Kier molecular flexibility index (Phi) is 6.31. The number of nitrogens with two attached hydrogens (primary N) is 1. The minimum Gasteiger partial charge on any atom is -0.494 e. The van der Waals surface area contributed by atoms with Crippen LogP contribution in [0.5, 0.6) is 5.75 Å². The molecular formula is C18H21N3O3. The smallest absolute Gasteiger partial charge is 0.251 e. The van der Waals surface area contributed by atoms with E-state index in [0.29, 0.717) is 18.6 Å². The Hall–Kier alpha value is -2.89. The molecule has 0 aliphatic rings. The second kappa shape index (κ2) is 8.67. The topological polar surface area (TPSA) is 94.3 Å². The highest BCUT2D eigenvalue weighted by atomic mass is 16.5. The summed E-state index contributed by atoms with van der Waals surface area (Å²) < 4.78 is 5.39. The van der Waals surface area contributed by atoms with Gasteiger partial charge in [0.1, 0.15) is 5.75 Å². The monoisotopic (exact) mass is 327 g/mol. The van der Waals surface area contributed by atoms with E-state index in [-0.39, 0.29) is 12.5 Å². The molecule has 2 rings (SSSR count). The lowest BCUT2D eigenvalue weighted by atomic mass is 9.98. The van der Waals surface area contributed by atoms with Crippen molar-refractivity contribution in [2.24, 2.45) is 11.7 Å². The van der Waals surface area contributed by atoms with Gasteiger partial charge in [-0.05, 0) is 43.2 Å². The molecule has 6 nitrogen and oxygen atoms in total. The minimum atomic E-state index is -0.478. The lowest BCUT2D eigenvalue weighted by Crippen LogP contribution is -2.37. The Morgan fingerprint density at radius 3 is 2.42 bits per heavy atom. The minimum absolute atomic E-state index is 0.184. The molecule has 6 heteroatoms. The van der Waals surface area contributed by atoms with Gasteiger partial charge in [-0.2, -0.15) is 0 Å². The second-order valence-corrected chi connectivity index (χ2v) is 5.33. The Labute approximate surface area is 141 Å². The van der Waals surface area contributed by atoms with Gasteiger partial charge in [-0.25, -0.2) is 0 Å². The third-order valence-corrected chi connectivity index (χ3v) is 3.57. The van der Waals surface area contributed by atoms with Gasteiger partial charge in [0.25, 0.3) is 5.91 Å². The van der Waals surface area contributed by atoms with Crippen molar-refractivity contribution in [2.45, 2.75) is 13.3 Å². The molecule has 0 unspecified atom stereocenters. The Balaban J connectivity index is 1.94. The fourth-order valence-electron chi connectivity index (χ4n) is 2.27. The fourth-order valence-corrected chi connectivity index (χ4v) is 2.27. The molecule has 0 fully saturated rings. The maximum atomic E-state index is 12.0. The van der Waals surface area contributed by atoms with Gasteiger partial charge in [-0.1, -0.05) is 12.1 Å². The molecule has 1 aromatic carbocycles. The van der Waals surface area contributed by atoms with Crippen LogP contribution < -0.4 is 15.8 Å². The number of aromatic nitrogens is 1. The van der Waals surface area contributed by atoms with E-state index in [0.717, 1.165) is 11.3 Å². The normalized spacial score (nSPS) is 11.5. The molecule has 126 valence electrons. The Bertz CT molecular complexity index is 672. The van der Waals surface area contributed by atoms with Crippen molar-refractivity contribution in [2.75, 3.05) is 13.2 Å². The summed E-state index contributed by atoms with van der Waals surface area (Å²) in [4.78, 5) is 27.6. The molecule has 1 aromatic heterocycles. The Morgan fingerprint density at radius 2 is 1.83 bits per heavy atom. The van der Waals surface area contributed by atoms with Gasteiger partial charge >= 0.3 is 0 Å². The van der Waals surface area contributed by atoms with Crippen LogP contribution in [0.25, 0.3) is 0 Å². The zero-order valence-electron chi connectivity index (χ0n) is 13.6. The molecule has 0 aliphatic carbocycles. The van der Waals surface area contributed by atoms with Gasteiger partial charge in [0, 0.05) is 24.5 Å². The zero-order chi connectivity index (χ0) is 17.4. The number of pyridine rings is 1. The maximum absolute atomic E-state index is 12.0. The van der Waals surface area contributed by atoms with Crippen molar-refractivity contribution in [1.29, 1.82) is 0 Å². The summed E-state index contributed by atoms with van der Waals surface area (Å²) >= 11 is 0. The van der Waals surface area contributed by atoms with Gasteiger partial charge in [-0.15, -0.1) is 0 Å². The molecule has 0 spiro atoms. The van der Waals surface area contributed by atoms with Crippen LogP contribution in [0.4, 0.5) is 0 Å². The number of nitrogens with zero attached hydrogens (tertiary/aromatic N) is 1. The van der Waals surface area contributed by atoms with Crippen molar-refractivity contribution >= 4 is 11.8 Å². The zero-order valence-corrected chi connectivity index (χ0v) is 13.6. The number of carbonyl (C=O) groups excluding carboxylic acids is 2. The van der Waals surface area contributed by atoms with Crippen LogP contribution >= 0.6 is 0 Å². The third-order valence-electron chi connectivity index (χ3n) is 3.57. The molecule has 1 atom stereocenters. The molecule has 0 radical (unpaired) electrons. The highest BCUT2D eigenvalue weighted by molar-refractivity contribution is 5.94. The molecule has 0 aliphatic heterocycles. The molecule has 2 aromatic rings. The van der Waals surface area contributed by atoms with Crippen molar-refractivity contribution < 1.29 is 14.3 Å². The molecule has 0 bridgehead atoms. The highest BCUT2D eigenvalue weighted by Gasteiger charge is 2.17.